The Morgan fingerprint density at radius 2 is 2.04 bits per heavy atom. The van der Waals surface area contributed by atoms with Crippen molar-refractivity contribution in [3.05, 3.63) is 41.1 Å². The van der Waals surface area contributed by atoms with Crippen LogP contribution in [0.1, 0.15) is 34.5 Å². The van der Waals surface area contributed by atoms with Crippen LogP contribution in [0.3, 0.4) is 0 Å². The number of rotatable bonds is 5. The van der Waals surface area contributed by atoms with Gasteiger partial charge in [0.15, 0.2) is 0 Å². The Kier molecular flexibility index (Phi) is 3.98. The summed E-state index contributed by atoms with van der Waals surface area (Å²) in [4.78, 5) is 14.2. The second kappa shape index (κ2) is 5.81. The van der Waals surface area contributed by atoms with Gasteiger partial charge < -0.3 is 10.0 Å². The van der Waals surface area contributed by atoms with Gasteiger partial charge in [0.25, 0.3) is 5.91 Å². The number of aliphatic hydroxyl groups excluding tert-OH is 1. The predicted octanol–water partition coefficient (Wildman–Crippen LogP) is 2.54. The number of hydrogen-bond acceptors (Lipinski definition) is 3. The molecule has 23 heavy (non-hydrogen) atoms. The second-order valence-corrected chi connectivity index (χ2v) is 6.79. The summed E-state index contributed by atoms with van der Waals surface area (Å²) in [5, 5.41) is 16.5. The number of carbonyl (C=O) groups excluding carboxylic acids is 1. The highest BCUT2D eigenvalue weighted by molar-refractivity contribution is 5.93. The lowest BCUT2D eigenvalue weighted by atomic mass is 10.0. The maximum atomic E-state index is 12.5. The SMILES string of the molecule is Cc1ccc(-c2cc(C(=O)N(C)CC3(CO)CC3)[nH]n2)cc1C. The molecule has 1 aliphatic rings. The van der Waals surface area contributed by atoms with Crippen molar-refractivity contribution >= 4 is 5.91 Å². The van der Waals surface area contributed by atoms with E-state index in [9.17, 15) is 9.90 Å². The topological polar surface area (TPSA) is 69.2 Å². The summed E-state index contributed by atoms with van der Waals surface area (Å²) in [5.41, 5.74) is 4.61. The van der Waals surface area contributed by atoms with Crippen LogP contribution in [0.15, 0.2) is 24.3 Å². The van der Waals surface area contributed by atoms with Gasteiger partial charge in [-0.25, -0.2) is 0 Å². The van der Waals surface area contributed by atoms with Gasteiger partial charge in [-0.3, -0.25) is 9.89 Å². The minimum absolute atomic E-state index is 0.0820. The highest BCUT2D eigenvalue weighted by Crippen LogP contribution is 2.45. The van der Waals surface area contributed by atoms with Crippen LogP contribution in [0.5, 0.6) is 0 Å². The fraction of sp³-hybridized carbons (Fsp3) is 0.444. The first-order valence-electron chi connectivity index (χ1n) is 7.93. The van der Waals surface area contributed by atoms with Gasteiger partial charge >= 0.3 is 0 Å². The van der Waals surface area contributed by atoms with Crippen molar-refractivity contribution in [1.29, 1.82) is 0 Å². The van der Waals surface area contributed by atoms with Crippen molar-refractivity contribution in [2.75, 3.05) is 20.2 Å². The van der Waals surface area contributed by atoms with Gasteiger partial charge in [-0.05, 0) is 49.9 Å². The fourth-order valence-corrected chi connectivity index (χ4v) is 2.80. The number of aromatic nitrogens is 2. The van der Waals surface area contributed by atoms with Crippen LogP contribution < -0.4 is 0 Å². The average molecular weight is 313 g/mol. The van der Waals surface area contributed by atoms with Crippen LogP contribution in [-0.2, 0) is 0 Å². The van der Waals surface area contributed by atoms with Crippen molar-refractivity contribution in [2.45, 2.75) is 26.7 Å². The molecule has 0 unspecified atom stereocenters. The van der Waals surface area contributed by atoms with Crippen molar-refractivity contribution in [2.24, 2.45) is 5.41 Å². The molecule has 1 amide bonds. The Bertz CT molecular complexity index is 732. The molecule has 1 aliphatic carbocycles. The van der Waals surface area contributed by atoms with E-state index in [4.69, 9.17) is 0 Å². The minimum Gasteiger partial charge on any atom is -0.396 e. The summed E-state index contributed by atoms with van der Waals surface area (Å²) in [7, 11) is 1.77. The third kappa shape index (κ3) is 3.15. The zero-order valence-corrected chi connectivity index (χ0v) is 13.9. The number of aliphatic hydroxyl groups is 1. The number of aryl methyl sites for hydroxylation is 2. The number of nitrogens with one attached hydrogen (secondary N) is 1. The Labute approximate surface area is 136 Å². The van der Waals surface area contributed by atoms with Crippen LogP contribution in [0.2, 0.25) is 0 Å². The first-order chi connectivity index (χ1) is 10.9. The van der Waals surface area contributed by atoms with E-state index < -0.39 is 0 Å². The number of amides is 1. The van der Waals surface area contributed by atoms with E-state index in [-0.39, 0.29) is 17.9 Å². The number of H-pyrrole nitrogens is 1. The highest BCUT2D eigenvalue weighted by Gasteiger charge is 2.43. The summed E-state index contributed by atoms with van der Waals surface area (Å²) in [6.07, 6.45) is 1.97. The van der Waals surface area contributed by atoms with E-state index in [0.29, 0.717) is 12.2 Å². The molecule has 2 N–H and O–H groups in total. The van der Waals surface area contributed by atoms with Crippen molar-refractivity contribution < 1.29 is 9.90 Å². The molecule has 1 aromatic carbocycles. The van der Waals surface area contributed by atoms with E-state index in [1.54, 1.807) is 18.0 Å². The lowest BCUT2D eigenvalue weighted by Gasteiger charge is -2.21. The molecule has 1 saturated carbocycles. The van der Waals surface area contributed by atoms with Gasteiger partial charge in [0.05, 0.1) is 12.3 Å². The summed E-state index contributed by atoms with van der Waals surface area (Å²) in [6, 6.07) is 7.95. The van der Waals surface area contributed by atoms with Gasteiger partial charge in [-0.15, -0.1) is 0 Å². The van der Waals surface area contributed by atoms with Crippen LogP contribution in [0.25, 0.3) is 11.3 Å². The Morgan fingerprint density at radius 3 is 2.65 bits per heavy atom. The maximum absolute atomic E-state index is 12.5. The standard InChI is InChI=1S/C18H23N3O2/c1-12-4-5-14(8-13(12)2)15-9-16(20-19-15)17(23)21(3)10-18(11-22)6-7-18/h4-5,8-9,22H,6-7,10-11H2,1-3H3,(H,19,20). The number of benzene rings is 1. The van der Waals surface area contributed by atoms with Crippen molar-refractivity contribution in [3.63, 3.8) is 0 Å². The molecule has 5 nitrogen and oxygen atoms in total. The third-order valence-electron chi connectivity index (χ3n) is 4.82. The number of hydrogen-bond donors (Lipinski definition) is 2. The van der Waals surface area contributed by atoms with E-state index >= 15 is 0 Å². The van der Waals surface area contributed by atoms with E-state index in [1.165, 1.54) is 11.1 Å². The molecular weight excluding hydrogens is 290 g/mol. The molecule has 5 heteroatoms. The Hall–Kier alpha value is -2.14. The molecule has 1 aromatic heterocycles. The molecule has 0 atom stereocenters. The molecule has 0 radical (unpaired) electrons. The number of aromatic amines is 1. The van der Waals surface area contributed by atoms with Gasteiger partial charge in [-0.1, -0.05) is 12.1 Å². The third-order valence-corrected chi connectivity index (χ3v) is 4.82. The molecule has 1 heterocycles. The van der Waals surface area contributed by atoms with E-state index in [0.717, 1.165) is 24.1 Å². The summed E-state index contributed by atoms with van der Waals surface area (Å²) in [5.74, 6) is -0.0905. The van der Waals surface area contributed by atoms with Crippen LogP contribution in [-0.4, -0.2) is 46.3 Å². The molecule has 2 aromatic rings. The van der Waals surface area contributed by atoms with Crippen molar-refractivity contribution in [1.82, 2.24) is 15.1 Å². The van der Waals surface area contributed by atoms with Crippen LogP contribution in [0.4, 0.5) is 0 Å². The van der Waals surface area contributed by atoms with Crippen LogP contribution >= 0.6 is 0 Å². The quantitative estimate of drug-likeness (QED) is 0.891. The first-order valence-corrected chi connectivity index (χ1v) is 7.93. The summed E-state index contributed by atoms with van der Waals surface area (Å²) >= 11 is 0. The average Bonchev–Trinajstić information content (AvgIpc) is 3.14. The summed E-state index contributed by atoms with van der Waals surface area (Å²) in [6.45, 7) is 4.86. The van der Waals surface area contributed by atoms with E-state index in [1.807, 2.05) is 6.07 Å². The van der Waals surface area contributed by atoms with Gasteiger partial charge in [0.2, 0.25) is 0 Å². The Balaban J connectivity index is 1.75. The number of nitrogens with zero attached hydrogens (tertiary/aromatic N) is 2. The second-order valence-electron chi connectivity index (χ2n) is 6.79. The zero-order valence-electron chi connectivity index (χ0n) is 13.9. The molecule has 122 valence electrons. The van der Waals surface area contributed by atoms with Gasteiger partial charge in [0.1, 0.15) is 5.69 Å². The molecular formula is C18H23N3O2. The van der Waals surface area contributed by atoms with Crippen LogP contribution in [0, 0.1) is 19.3 Å². The van der Waals surface area contributed by atoms with Gasteiger partial charge in [-0.2, -0.15) is 5.10 Å². The molecule has 0 spiro atoms. The van der Waals surface area contributed by atoms with Gasteiger partial charge in [0, 0.05) is 24.6 Å². The number of carbonyl (C=O) groups is 1. The highest BCUT2D eigenvalue weighted by atomic mass is 16.3. The lowest BCUT2D eigenvalue weighted by molar-refractivity contribution is 0.0728. The summed E-state index contributed by atoms with van der Waals surface area (Å²) < 4.78 is 0. The normalized spacial score (nSPS) is 15.5. The molecule has 0 saturated heterocycles. The molecule has 1 fully saturated rings. The molecule has 0 bridgehead atoms. The zero-order chi connectivity index (χ0) is 16.6. The van der Waals surface area contributed by atoms with Crippen molar-refractivity contribution in [3.8, 4) is 11.3 Å². The first kappa shape index (κ1) is 15.7. The monoisotopic (exact) mass is 313 g/mol. The lowest BCUT2D eigenvalue weighted by Crippen LogP contribution is -2.34. The van der Waals surface area contributed by atoms with E-state index in [2.05, 4.69) is 36.2 Å². The maximum Gasteiger partial charge on any atom is 0.271 e. The smallest absolute Gasteiger partial charge is 0.271 e. The minimum atomic E-state index is -0.0905. The Morgan fingerprint density at radius 1 is 1.30 bits per heavy atom. The predicted molar refractivity (Wildman–Crippen MR) is 89.2 cm³/mol. The molecule has 0 aliphatic heterocycles. The largest absolute Gasteiger partial charge is 0.396 e. The fourth-order valence-electron chi connectivity index (χ4n) is 2.80. The molecule has 3 rings (SSSR count).